The largest absolute Gasteiger partial charge is 0.361 e. The summed E-state index contributed by atoms with van der Waals surface area (Å²) in [6.45, 7) is 6.68. The van der Waals surface area contributed by atoms with Gasteiger partial charge in [-0.05, 0) is 31.0 Å². The van der Waals surface area contributed by atoms with E-state index in [0.717, 1.165) is 5.69 Å². The Hall–Kier alpha value is -2.96. The molecule has 2 atom stereocenters. The highest BCUT2D eigenvalue weighted by atomic mass is 16.5. The van der Waals surface area contributed by atoms with Crippen molar-refractivity contribution in [2.75, 3.05) is 33.3 Å². The van der Waals surface area contributed by atoms with Crippen LogP contribution in [0, 0.1) is 0 Å². The van der Waals surface area contributed by atoms with Gasteiger partial charge in [0.1, 0.15) is 0 Å². The molecule has 1 spiro atoms. The van der Waals surface area contributed by atoms with Gasteiger partial charge < -0.3 is 9.64 Å². The van der Waals surface area contributed by atoms with Crippen LogP contribution in [0.1, 0.15) is 48.7 Å². The number of carbonyl (C=O) groups excluding carboxylic acids is 1. The number of hydrogen-bond donors (Lipinski definition) is 0. The number of likely N-dealkylation sites (tertiary alicyclic amines) is 1. The molecule has 0 aliphatic carbocycles. The lowest BCUT2D eigenvalue weighted by Gasteiger charge is -2.41. The summed E-state index contributed by atoms with van der Waals surface area (Å²) in [5.74, 6) is -0.0368. The Bertz CT molecular complexity index is 1060. The molecule has 3 aromatic rings. The van der Waals surface area contributed by atoms with Crippen LogP contribution in [0.4, 0.5) is 0 Å². The van der Waals surface area contributed by atoms with Crippen LogP contribution in [0.2, 0.25) is 0 Å². The highest BCUT2D eigenvalue weighted by Crippen LogP contribution is 2.46. The average Bonchev–Trinajstić information content (AvgIpc) is 3.45. The van der Waals surface area contributed by atoms with Gasteiger partial charge in [-0.2, -0.15) is 5.10 Å². The number of rotatable bonds is 5. The van der Waals surface area contributed by atoms with Gasteiger partial charge in [0.2, 0.25) is 0 Å². The molecule has 2 saturated heterocycles. The molecule has 2 aliphatic heterocycles. The van der Waals surface area contributed by atoms with E-state index in [-0.39, 0.29) is 23.9 Å². The Kier molecular flexibility index (Phi) is 5.81. The second-order valence-corrected chi connectivity index (χ2v) is 9.46. The SMILES string of the molecule is CC(C)n1nccc1[C@H]1CN(C(c2ccccc2)c2ccccc2)C[C@@]12OCCN(C)C2=O. The smallest absolute Gasteiger partial charge is 0.256 e. The van der Waals surface area contributed by atoms with Crippen molar-refractivity contribution in [2.45, 2.75) is 37.5 Å². The molecule has 2 aliphatic rings. The number of carbonyl (C=O) groups is 1. The van der Waals surface area contributed by atoms with Crippen LogP contribution >= 0.6 is 0 Å². The third-order valence-electron chi connectivity index (χ3n) is 7.06. The third-order valence-corrected chi connectivity index (χ3v) is 7.06. The van der Waals surface area contributed by atoms with Crippen LogP contribution < -0.4 is 0 Å². The minimum Gasteiger partial charge on any atom is -0.361 e. The molecule has 1 amide bonds. The van der Waals surface area contributed by atoms with Crippen LogP contribution in [-0.4, -0.2) is 64.4 Å². The number of likely N-dealkylation sites (N-methyl/N-ethyl adjacent to an activating group) is 1. The first-order valence-electron chi connectivity index (χ1n) is 11.8. The number of benzene rings is 2. The van der Waals surface area contributed by atoms with Crippen molar-refractivity contribution in [1.82, 2.24) is 19.6 Å². The van der Waals surface area contributed by atoms with Gasteiger partial charge in [-0.3, -0.25) is 14.4 Å². The highest BCUT2D eigenvalue weighted by molar-refractivity contribution is 5.88. The van der Waals surface area contributed by atoms with E-state index < -0.39 is 5.60 Å². The lowest BCUT2D eigenvalue weighted by molar-refractivity contribution is -0.170. The van der Waals surface area contributed by atoms with Crippen molar-refractivity contribution >= 4 is 5.91 Å². The molecule has 6 heteroatoms. The summed E-state index contributed by atoms with van der Waals surface area (Å²) in [7, 11) is 1.89. The number of aromatic nitrogens is 2. The average molecular weight is 445 g/mol. The minimum atomic E-state index is -0.915. The van der Waals surface area contributed by atoms with E-state index in [1.807, 2.05) is 35.0 Å². The van der Waals surface area contributed by atoms with Gasteiger partial charge in [-0.15, -0.1) is 0 Å². The molecule has 5 rings (SSSR count). The second kappa shape index (κ2) is 8.76. The van der Waals surface area contributed by atoms with E-state index in [1.165, 1.54) is 11.1 Å². The molecule has 0 saturated carbocycles. The topological polar surface area (TPSA) is 50.6 Å². The summed E-state index contributed by atoms with van der Waals surface area (Å²) in [5, 5.41) is 4.59. The van der Waals surface area contributed by atoms with Gasteiger partial charge >= 0.3 is 0 Å². The molecular weight excluding hydrogens is 412 g/mol. The Morgan fingerprint density at radius 3 is 2.24 bits per heavy atom. The van der Waals surface area contributed by atoms with Crippen LogP contribution in [-0.2, 0) is 9.53 Å². The van der Waals surface area contributed by atoms with E-state index in [2.05, 4.69) is 78.4 Å². The molecule has 1 aromatic heterocycles. The van der Waals surface area contributed by atoms with Crippen molar-refractivity contribution in [1.29, 1.82) is 0 Å². The molecule has 2 aromatic carbocycles. The maximum absolute atomic E-state index is 13.7. The van der Waals surface area contributed by atoms with Gasteiger partial charge in [0, 0.05) is 44.6 Å². The number of nitrogens with zero attached hydrogens (tertiary/aromatic N) is 4. The lowest BCUT2D eigenvalue weighted by atomic mass is 9.85. The first-order chi connectivity index (χ1) is 16.0. The highest BCUT2D eigenvalue weighted by Gasteiger charge is 2.58. The van der Waals surface area contributed by atoms with E-state index >= 15 is 0 Å². The van der Waals surface area contributed by atoms with E-state index in [4.69, 9.17) is 4.74 Å². The van der Waals surface area contributed by atoms with Crippen molar-refractivity contribution in [3.05, 3.63) is 89.7 Å². The Labute approximate surface area is 195 Å². The first kappa shape index (κ1) is 21.9. The summed E-state index contributed by atoms with van der Waals surface area (Å²) in [6, 6.07) is 23.4. The number of amides is 1. The van der Waals surface area contributed by atoms with E-state index in [1.54, 1.807) is 0 Å². The summed E-state index contributed by atoms with van der Waals surface area (Å²) >= 11 is 0. The number of ether oxygens (including phenoxy) is 1. The van der Waals surface area contributed by atoms with Gasteiger partial charge in [-0.25, -0.2) is 0 Å². The molecule has 3 heterocycles. The van der Waals surface area contributed by atoms with Gasteiger partial charge in [0.15, 0.2) is 5.60 Å². The zero-order valence-electron chi connectivity index (χ0n) is 19.6. The molecule has 0 bridgehead atoms. The van der Waals surface area contributed by atoms with Crippen molar-refractivity contribution in [2.24, 2.45) is 0 Å². The molecule has 33 heavy (non-hydrogen) atoms. The standard InChI is InChI=1S/C27H32N4O2/c1-20(2)31-24(14-15-28-31)23-18-30(19-27(23)26(32)29(3)16-17-33-27)25(21-10-6-4-7-11-21)22-12-8-5-9-13-22/h4-15,20,23,25H,16-19H2,1-3H3/t23-,27-/m1/s1. The predicted molar refractivity (Wildman–Crippen MR) is 128 cm³/mol. The van der Waals surface area contributed by atoms with Crippen LogP contribution in [0.3, 0.4) is 0 Å². The van der Waals surface area contributed by atoms with Gasteiger partial charge in [0.25, 0.3) is 5.91 Å². The molecule has 0 N–H and O–H groups in total. The quantitative estimate of drug-likeness (QED) is 0.599. The van der Waals surface area contributed by atoms with Crippen LogP contribution in [0.5, 0.6) is 0 Å². The molecular formula is C27H32N4O2. The Balaban J connectivity index is 1.62. The molecule has 0 unspecified atom stereocenters. The van der Waals surface area contributed by atoms with Gasteiger partial charge in [0.05, 0.1) is 18.6 Å². The molecule has 2 fully saturated rings. The molecule has 6 nitrogen and oxygen atoms in total. The maximum Gasteiger partial charge on any atom is 0.256 e. The third kappa shape index (κ3) is 3.77. The lowest BCUT2D eigenvalue weighted by Crippen LogP contribution is -2.59. The zero-order valence-corrected chi connectivity index (χ0v) is 19.6. The maximum atomic E-state index is 13.7. The normalized spacial score (nSPS) is 23.8. The van der Waals surface area contributed by atoms with Crippen molar-refractivity contribution in [3.8, 4) is 0 Å². The van der Waals surface area contributed by atoms with Gasteiger partial charge in [-0.1, -0.05) is 60.7 Å². The summed E-state index contributed by atoms with van der Waals surface area (Å²) in [5.41, 5.74) is 2.58. The van der Waals surface area contributed by atoms with E-state index in [9.17, 15) is 4.79 Å². The zero-order chi connectivity index (χ0) is 23.0. The van der Waals surface area contributed by atoms with Crippen LogP contribution in [0.25, 0.3) is 0 Å². The second-order valence-electron chi connectivity index (χ2n) is 9.46. The number of morpholine rings is 1. The summed E-state index contributed by atoms with van der Waals surface area (Å²) in [4.78, 5) is 18.0. The Morgan fingerprint density at radius 1 is 1.00 bits per heavy atom. The summed E-state index contributed by atoms with van der Waals surface area (Å²) < 4.78 is 8.50. The first-order valence-corrected chi connectivity index (χ1v) is 11.8. The van der Waals surface area contributed by atoms with E-state index in [0.29, 0.717) is 26.2 Å². The van der Waals surface area contributed by atoms with Crippen LogP contribution in [0.15, 0.2) is 72.9 Å². The molecule has 172 valence electrons. The predicted octanol–water partition coefficient (Wildman–Crippen LogP) is 3.88. The number of hydrogen-bond acceptors (Lipinski definition) is 4. The van der Waals surface area contributed by atoms with Crippen molar-refractivity contribution < 1.29 is 9.53 Å². The minimum absolute atomic E-state index is 0.0355. The fraction of sp³-hybridized carbons (Fsp3) is 0.407. The fourth-order valence-electron chi connectivity index (χ4n) is 5.52. The summed E-state index contributed by atoms with van der Waals surface area (Å²) in [6.07, 6.45) is 1.84. The fourth-order valence-corrected chi connectivity index (χ4v) is 5.52. The monoisotopic (exact) mass is 444 g/mol. The Morgan fingerprint density at radius 2 is 1.64 bits per heavy atom. The van der Waals surface area contributed by atoms with Crippen molar-refractivity contribution in [3.63, 3.8) is 0 Å². The molecule has 0 radical (unpaired) electrons.